The second kappa shape index (κ2) is 10.2. The zero-order valence-electron chi connectivity index (χ0n) is 14.9. The molecule has 0 bridgehead atoms. The molecule has 1 heterocycles. The molecule has 0 aliphatic rings. The van der Waals surface area contributed by atoms with E-state index in [1.807, 2.05) is 0 Å². The summed E-state index contributed by atoms with van der Waals surface area (Å²) in [4.78, 5) is 23.8. The van der Waals surface area contributed by atoms with Gasteiger partial charge in [0.2, 0.25) is 0 Å². The van der Waals surface area contributed by atoms with E-state index in [0.29, 0.717) is 25.1 Å². The van der Waals surface area contributed by atoms with Gasteiger partial charge in [-0.1, -0.05) is 36.4 Å². The van der Waals surface area contributed by atoms with E-state index < -0.39 is 26.9 Å². The van der Waals surface area contributed by atoms with Crippen LogP contribution in [-0.2, 0) is 24.2 Å². The van der Waals surface area contributed by atoms with Gasteiger partial charge in [0.1, 0.15) is 9.46 Å². The van der Waals surface area contributed by atoms with Gasteiger partial charge in [0.15, 0.2) is 9.84 Å². The lowest BCUT2D eigenvalue weighted by Crippen LogP contribution is -2.42. The second-order valence-electron chi connectivity index (χ2n) is 5.69. The number of thiophene rings is 1. The van der Waals surface area contributed by atoms with Crippen LogP contribution in [0.3, 0.4) is 0 Å². The maximum atomic E-state index is 13.0. The molecular weight excluding hydrogens is 388 g/mol. The van der Waals surface area contributed by atoms with E-state index in [0.717, 1.165) is 11.3 Å². The Morgan fingerprint density at radius 1 is 1.07 bits per heavy atom. The molecule has 2 rings (SSSR count). The Kier molecular flexibility index (Phi) is 7.96. The summed E-state index contributed by atoms with van der Waals surface area (Å²) in [6.07, 6.45) is 0.578. The van der Waals surface area contributed by atoms with Crippen molar-refractivity contribution < 1.29 is 22.7 Å². The summed E-state index contributed by atoms with van der Waals surface area (Å²) in [6, 6.07) is 11.8. The van der Waals surface area contributed by atoms with Crippen LogP contribution < -0.4 is 10.6 Å². The monoisotopic (exact) mass is 410 g/mol. The van der Waals surface area contributed by atoms with Gasteiger partial charge in [-0.05, 0) is 23.4 Å². The summed E-state index contributed by atoms with van der Waals surface area (Å²) < 4.78 is 31.0. The predicted molar refractivity (Wildman–Crippen MR) is 103 cm³/mol. The largest absolute Gasteiger partial charge is 0.385 e. The highest BCUT2D eigenvalue weighted by atomic mass is 32.2. The average molecular weight is 411 g/mol. The molecular formula is C18H22N2O5S2. The third-order valence-corrected chi connectivity index (χ3v) is 7.32. The molecule has 27 heavy (non-hydrogen) atoms. The molecule has 0 saturated carbocycles. The number of carbonyl (C=O) groups is 2. The molecule has 2 amide bonds. The van der Waals surface area contributed by atoms with Crippen LogP contribution in [0.2, 0.25) is 0 Å². The number of nitrogens with one attached hydrogen (secondary N) is 2. The van der Waals surface area contributed by atoms with Crippen LogP contribution in [0.25, 0.3) is 0 Å². The highest BCUT2D eigenvalue weighted by Crippen LogP contribution is 2.30. The number of carbonyl (C=O) groups excluding carboxylic acids is 2. The fourth-order valence-electron chi connectivity index (χ4n) is 2.40. The predicted octanol–water partition coefficient (Wildman–Crippen LogP) is 1.53. The molecule has 146 valence electrons. The van der Waals surface area contributed by atoms with Crippen molar-refractivity contribution in [2.75, 3.05) is 26.8 Å². The highest BCUT2D eigenvalue weighted by molar-refractivity contribution is 7.93. The fourth-order valence-corrected chi connectivity index (χ4v) is 5.27. The maximum Gasteiger partial charge on any atom is 0.309 e. The smallest absolute Gasteiger partial charge is 0.309 e. The van der Waals surface area contributed by atoms with Crippen molar-refractivity contribution in [3.8, 4) is 0 Å². The Bertz CT molecular complexity index is 836. The first-order chi connectivity index (χ1) is 13.0. The fraction of sp³-hybridized carbons (Fsp3) is 0.333. The Morgan fingerprint density at radius 2 is 1.78 bits per heavy atom. The number of hydrogen-bond donors (Lipinski definition) is 2. The van der Waals surface area contributed by atoms with E-state index in [-0.39, 0.29) is 10.8 Å². The third kappa shape index (κ3) is 5.88. The number of amides is 2. The van der Waals surface area contributed by atoms with Crippen molar-refractivity contribution in [2.45, 2.75) is 15.9 Å². The highest BCUT2D eigenvalue weighted by Gasteiger charge is 2.31. The summed E-state index contributed by atoms with van der Waals surface area (Å²) in [6.45, 7) is 0.571. The summed E-state index contributed by atoms with van der Waals surface area (Å²) in [5.41, 5.74) is 0.548. The minimum absolute atomic E-state index is 0.200. The SMILES string of the molecule is COCCCNC(=O)C(=O)NC[C@H](c1ccccc1)S(=O)(=O)c1cccs1. The van der Waals surface area contributed by atoms with Gasteiger partial charge < -0.3 is 15.4 Å². The van der Waals surface area contributed by atoms with Crippen molar-refractivity contribution in [3.05, 3.63) is 53.4 Å². The van der Waals surface area contributed by atoms with Crippen molar-refractivity contribution in [1.82, 2.24) is 10.6 Å². The zero-order valence-corrected chi connectivity index (χ0v) is 16.5. The van der Waals surface area contributed by atoms with Crippen LogP contribution in [0.4, 0.5) is 0 Å². The molecule has 1 aromatic heterocycles. The Morgan fingerprint density at radius 3 is 2.41 bits per heavy atom. The first-order valence-corrected chi connectivity index (χ1v) is 10.8. The van der Waals surface area contributed by atoms with E-state index >= 15 is 0 Å². The van der Waals surface area contributed by atoms with Gasteiger partial charge in [-0.2, -0.15) is 0 Å². The van der Waals surface area contributed by atoms with E-state index in [9.17, 15) is 18.0 Å². The molecule has 2 N–H and O–H groups in total. The second-order valence-corrected chi connectivity index (χ2v) is 8.99. The molecule has 1 aromatic carbocycles. The third-order valence-electron chi connectivity index (χ3n) is 3.79. The van der Waals surface area contributed by atoms with E-state index in [1.165, 1.54) is 6.07 Å². The number of sulfone groups is 1. The lowest BCUT2D eigenvalue weighted by molar-refractivity contribution is -0.139. The molecule has 1 atom stereocenters. The van der Waals surface area contributed by atoms with Crippen molar-refractivity contribution in [2.24, 2.45) is 0 Å². The average Bonchev–Trinajstić information content (AvgIpc) is 3.21. The van der Waals surface area contributed by atoms with Gasteiger partial charge in [-0.25, -0.2) is 8.42 Å². The van der Waals surface area contributed by atoms with Crippen LogP contribution in [0.15, 0.2) is 52.1 Å². The van der Waals surface area contributed by atoms with E-state index in [2.05, 4.69) is 10.6 Å². The summed E-state index contributed by atoms with van der Waals surface area (Å²) in [5.74, 6) is -1.67. The molecule has 0 unspecified atom stereocenters. The Labute approximate surface area is 162 Å². The molecule has 0 spiro atoms. The first-order valence-electron chi connectivity index (χ1n) is 8.34. The number of methoxy groups -OCH3 is 1. The molecule has 7 nitrogen and oxygen atoms in total. The van der Waals surface area contributed by atoms with Crippen molar-refractivity contribution in [3.63, 3.8) is 0 Å². The van der Waals surface area contributed by atoms with Gasteiger partial charge in [0.25, 0.3) is 0 Å². The lowest BCUT2D eigenvalue weighted by atomic mass is 10.1. The molecule has 2 aromatic rings. The minimum atomic E-state index is -3.70. The maximum absolute atomic E-state index is 13.0. The molecule has 0 fully saturated rings. The van der Waals surface area contributed by atoms with Gasteiger partial charge in [-0.3, -0.25) is 9.59 Å². The molecule has 0 radical (unpaired) electrons. The van der Waals surface area contributed by atoms with E-state index in [1.54, 1.807) is 48.9 Å². The first kappa shape index (κ1) is 21.1. The van der Waals surface area contributed by atoms with Crippen LogP contribution >= 0.6 is 11.3 Å². The standard InChI is InChI=1S/C18H22N2O5S2/c1-25-11-6-10-19-17(21)18(22)20-13-15(14-7-3-2-4-8-14)27(23,24)16-9-5-12-26-16/h2-5,7-9,12,15H,6,10-11,13H2,1H3,(H,19,21)(H,20,22)/t15-/m1/s1. The molecule has 0 aliphatic carbocycles. The zero-order chi connectivity index (χ0) is 19.7. The van der Waals surface area contributed by atoms with E-state index in [4.69, 9.17) is 4.74 Å². The molecule has 0 saturated heterocycles. The molecule has 9 heteroatoms. The topological polar surface area (TPSA) is 102 Å². The van der Waals surface area contributed by atoms with Gasteiger partial charge in [-0.15, -0.1) is 11.3 Å². The number of benzene rings is 1. The molecule has 0 aliphatic heterocycles. The van der Waals surface area contributed by atoms with Gasteiger partial charge >= 0.3 is 11.8 Å². The van der Waals surface area contributed by atoms with Crippen molar-refractivity contribution in [1.29, 1.82) is 0 Å². The van der Waals surface area contributed by atoms with Gasteiger partial charge in [0, 0.05) is 26.8 Å². The number of rotatable bonds is 9. The lowest BCUT2D eigenvalue weighted by Gasteiger charge is -2.18. The Balaban J connectivity index is 2.08. The number of hydrogen-bond acceptors (Lipinski definition) is 6. The Hall–Kier alpha value is -2.23. The van der Waals surface area contributed by atoms with Gasteiger partial charge in [0.05, 0.1) is 0 Å². The summed E-state index contributed by atoms with van der Waals surface area (Å²) >= 11 is 1.12. The van der Waals surface area contributed by atoms with Crippen molar-refractivity contribution >= 4 is 33.0 Å². The van der Waals surface area contributed by atoms with Crippen LogP contribution in [0.5, 0.6) is 0 Å². The van der Waals surface area contributed by atoms with Crippen LogP contribution in [0, 0.1) is 0 Å². The summed E-state index contributed by atoms with van der Waals surface area (Å²) in [5, 5.41) is 5.60. The number of ether oxygens (including phenoxy) is 1. The van der Waals surface area contributed by atoms with Crippen LogP contribution in [-0.4, -0.2) is 47.0 Å². The minimum Gasteiger partial charge on any atom is -0.385 e. The van der Waals surface area contributed by atoms with Crippen LogP contribution in [0.1, 0.15) is 17.2 Å². The summed E-state index contributed by atoms with van der Waals surface area (Å²) in [7, 11) is -2.15. The normalized spacial score (nSPS) is 12.3. The quantitative estimate of drug-likeness (QED) is 0.482.